The quantitative estimate of drug-likeness (QED) is 0.368. The van der Waals surface area contributed by atoms with Gasteiger partial charge in [-0.2, -0.15) is 5.10 Å². The monoisotopic (exact) mass is 406 g/mol. The molecule has 0 unspecified atom stereocenters. The molecule has 0 amide bonds. The van der Waals surface area contributed by atoms with Crippen molar-refractivity contribution in [1.29, 1.82) is 0 Å². The van der Waals surface area contributed by atoms with E-state index in [0.29, 0.717) is 5.82 Å². The summed E-state index contributed by atoms with van der Waals surface area (Å²) < 4.78 is 5.91. The highest BCUT2D eigenvalue weighted by molar-refractivity contribution is 6.06. The van der Waals surface area contributed by atoms with Gasteiger partial charge >= 0.3 is 0 Å². The van der Waals surface area contributed by atoms with Gasteiger partial charge in [-0.1, -0.05) is 47.5 Å². The Bertz CT molecular complexity index is 1350. The molecule has 0 saturated carbocycles. The van der Waals surface area contributed by atoms with Crippen LogP contribution in [0.4, 0.5) is 5.82 Å². The molecule has 3 N–H and O–H groups in total. The van der Waals surface area contributed by atoms with Crippen LogP contribution in [0.3, 0.4) is 0 Å². The number of aromatic nitrogens is 3. The van der Waals surface area contributed by atoms with Crippen molar-refractivity contribution in [2.75, 3.05) is 5.73 Å². The van der Waals surface area contributed by atoms with Gasteiger partial charge < -0.3 is 10.5 Å². The van der Waals surface area contributed by atoms with Gasteiger partial charge in [-0.3, -0.25) is 10.1 Å². The fraction of sp³-hybridized carbons (Fsp3) is 0.0769. The zero-order chi connectivity index (χ0) is 21.4. The summed E-state index contributed by atoms with van der Waals surface area (Å²) in [6, 6.07) is 24.0. The van der Waals surface area contributed by atoms with E-state index in [-0.39, 0.29) is 0 Å². The molecule has 152 valence electrons. The first kappa shape index (κ1) is 18.9. The van der Waals surface area contributed by atoms with Gasteiger partial charge in [0.2, 0.25) is 0 Å². The predicted molar refractivity (Wildman–Crippen MR) is 125 cm³/mol. The summed E-state index contributed by atoms with van der Waals surface area (Å²) in [6.07, 6.45) is 1.87. The van der Waals surface area contributed by atoms with E-state index in [9.17, 15) is 0 Å². The maximum Gasteiger partial charge on any atom is 0.153 e. The molecule has 0 spiro atoms. The van der Waals surface area contributed by atoms with Gasteiger partial charge in [-0.15, -0.1) is 0 Å². The smallest absolute Gasteiger partial charge is 0.153 e. The molecule has 0 aliphatic carbocycles. The number of hydrogen-bond donors (Lipinski definition) is 2. The molecule has 0 radical (unpaired) electrons. The van der Waals surface area contributed by atoms with Crippen molar-refractivity contribution in [2.24, 2.45) is 0 Å². The average molecular weight is 406 g/mol. The number of pyridine rings is 1. The molecule has 2 aromatic heterocycles. The van der Waals surface area contributed by atoms with Crippen molar-refractivity contribution in [2.45, 2.75) is 13.8 Å². The molecule has 5 rings (SSSR count). The zero-order valence-corrected chi connectivity index (χ0v) is 17.4. The number of fused-ring (bicyclic) bond motifs is 1. The Morgan fingerprint density at radius 2 is 1.48 bits per heavy atom. The number of hydrogen-bond acceptors (Lipinski definition) is 4. The van der Waals surface area contributed by atoms with Crippen LogP contribution in [-0.2, 0) is 0 Å². The highest BCUT2D eigenvalue weighted by Gasteiger charge is 2.16. The topological polar surface area (TPSA) is 76.8 Å². The number of nitrogens with two attached hydrogens (primary N) is 1. The second kappa shape index (κ2) is 7.61. The molecule has 0 saturated heterocycles. The van der Waals surface area contributed by atoms with Crippen molar-refractivity contribution in [3.63, 3.8) is 0 Å². The van der Waals surface area contributed by atoms with Crippen LogP contribution in [0, 0.1) is 13.8 Å². The molecule has 31 heavy (non-hydrogen) atoms. The van der Waals surface area contributed by atoms with E-state index in [0.717, 1.165) is 44.8 Å². The summed E-state index contributed by atoms with van der Waals surface area (Å²) in [5.41, 5.74) is 13.3. The van der Waals surface area contributed by atoms with E-state index >= 15 is 0 Å². The van der Waals surface area contributed by atoms with E-state index in [4.69, 9.17) is 15.5 Å². The predicted octanol–water partition coefficient (Wildman–Crippen LogP) is 6.28. The Labute approximate surface area is 180 Å². The van der Waals surface area contributed by atoms with Crippen molar-refractivity contribution >= 4 is 16.7 Å². The number of para-hydroxylation sites is 1. The van der Waals surface area contributed by atoms with Crippen LogP contribution in [0.15, 0.2) is 79.0 Å². The molecule has 0 atom stereocenters. The standard InChI is InChI=1S/C26H22N4O/c1-16-12-17(2)14-19(13-16)24-25-23(26(27)30-29-25)22(15-28-24)18-8-10-21(11-9-18)31-20-6-4-3-5-7-20/h3-15H,1-2H3,(H3,27,29,30). The SMILES string of the molecule is Cc1cc(C)cc(-c2ncc(-c3ccc(Oc4ccccc4)cc3)c3c(N)n[nH]c23)c1. The lowest BCUT2D eigenvalue weighted by Gasteiger charge is -2.10. The summed E-state index contributed by atoms with van der Waals surface area (Å²) in [5.74, 6) is 2.03. The van der Waals surface area contributed by atoms with E-state index in [1.807, 2.05) is 60.8 Å². The number of aryl methyl sites for hydroxylation is 2. The first-order valence-electron chi connectivity index (χ1n) is 10.1. The van der Waals surface area contributed by atoms with Gasteiger partial charge in [0.05, 0.1) is 16.6 Å². The third-order valence-electron chi connectivity index (χ3n) is 5.26. The molecular weight excluding hydrogens is 384 g/mol. The van der Waals surface area contributed by atoms with E-state index in [1.54, 1.807) is 0 Å². The van der Waals surface area contributed by atoms with Crippen LogP contribution in [0.25, 0.3) is 33.3 Å². The molecule has 0 aliphatic rings. The second-order valence-electron chi connectivity index (χ2n) is 7.70. The van der Waals surface area contributed by atoms with Crippen molar-refractivity contribution in [3.8, 4) is 33.9 Å². The lowest BCUT2D eigenvalue weighted by Crippen LogP contribution is -1.92. The van der Waals surface area contributed by atoms with E-state index in [1.165, 1.54) is 11.1 Å². The minimum absolute atomic E-state index is 0.461. The number of aromatic amines is 1. The molecular formula is C26H22N4O. The van der Waals surface area contributed by atoms with Crippen LogP contribution in [0.1, 0.15) is 11.1 Å². The molecule has 0 bridgehead atoms. The Morgan fingerprint density at radius 1 is 0.806 bits per heavy atom. The highest BCUT2D eigenvalue weighted by atomic mass is 16.5. The van der Waals surface area contributed by atoms with Crippen molar-refractivity contribution < 1.29 is 4.74 Å². The third-order valence-corrected chi connectivity index (χ3v) is 5.26. The van der Waals surface area contributed by atoms with Gasteiger partial charge in [0.25, 0.3) is 0 Å². The minimum atomic E-state index is 0.461. The molecule has 5 nitrogen and oxygen atoms in total. The average Bonchev–Trinajstić information content (AvgIpc) is 3.16. The van der Waals surface area contributed by atoms with E-state index < -0.39 is 0 Å². The largest absolute Gasteiger partial charge is 0.457 e. The maximum atomic E-state index is 6.26. The van der Waals surface area contributed by atoms with Crippen LogP contribution in [0.2, 0.25) is 0 Å². The summed E-state index contributed by atoms with van der Waals surface area (Å²) in [7, 11) is 0. The Morgan fingerprint density at radius 3 is 2.19 bits per heavy atom. The third kappa shape index (κ3) is 3.62. The Balaban J connectivity index is 1.56. The van der Waals surface area contributed by atoms with E-state index in [2.05, 4.69) is 42.2 Å². The fourth-order valence-corrected chi connectivity index (χ4v) is 3.93. The fourth-order valence-electron chi connectivity index (χ4n) is 3.93. The summed E-state index contributed by atoms with van der Waals surface area (Å²) >= 11 is 0. The molecule has 2 heterocycles. The number of nitrogen functional groups attached to an aromatic ring is 1. The molecule has 5 heteroatoms. The van der Waals surface area contributed by atoms with Crippen LogP contribution in [0.5, 0.6) is 11.5 Å². The van der Waals surface area contributed by atoms with Gasteiger partial charge in [-0.25, -0.2) is 0 Å². The Kier molecular flexibility index (Phi) is 4.64. The lowest BCUT2D eigenvalue weighted by molar-refractivity contribution is 0.483. The number of anilines is 1. The number of rotatable bonds is 4. The Hall–Kier alpha value is -4.12. The van der Waals surface area contributed by atoms with Crippen LogP contribution >= 0.6 is 0 Å². The number of H-pyrrole nitrogens is 1. The lowest BCUT2D eigenvalue weighted by atomic mass is 9.99. The summed E-state index contributed by atoms with van der Waals surface area (Å²) in [6.45, 7) is 4.17. The normalized spacial score (nSPS) is 11.0. The number of benzene rings is 3. The van der Waals surface area contributed by atoms with Crippen LogP contribution in [-0.4, -0.2) is 15.2 Å². The van der Waals surface area contributed by atoms with Gasteiger partial charge in [0.15, 0.2) is 5.82 Å². The van der Waals surface area contributed by atoms with Gasteiger partial charge in [0, 0.05) is 17.3 Å². The van der Waals surface area contributed by atoms with Crippen molar-refractivity contribution in [1.82, 2.24) is 15.2 Å². The van der Waals surface area contributed by atoms with Gasteiger partial charge in [-0.05, 0) is 55.8 Å². The molecule has 0 fully saturated rings. The van der Waals surface area contributed by atoms with Crippen LogP contribution < -0.4 is 10.5 Å². The molecule has 0 aliphatic heterocycles. The summed E-state index contributed by atoms with van der Waals surface area (Å²) in [5, 5.41) is 8.24. The van der Waals surface area contributed by atoms with Gasteiger partial charge in [0.1, 0.15) is 11.5 Å². The first-order chi connectivity index (χ1) is 15.1. The zero-order valence-electron chi connectivity index (χ0n) is 17.4. The second-order valence-corrected chi connectivity index (χ2v) is 7.70. The highest BCUT2D eigenvalue weighted by Crippen LogP contribution is 2.36. The molecule has 5 aromatic rings. The summed E-state index contributed by atoms with van der Waals surface area (Å²) in [4.78, 5) is 4.78. The number of nitrogens with one attached hydrogen (secondary N) is 1. The first-order valence-corrected chi connectivity index (χ1v) is 10.1. The number of nitrogens with zero attached hydrogens (tertiary/aromatic N) is 2. The minimum Gasteiger partial charge on any atom is -0.457 e. The maximum absolute atomic E-state index is 6.26. The molecule has 3 aromatic carbocycles. The van der Waals surface area contributed by atoms with Crippen molar-refractivity contribution in [3.05, 3.63) is 90.1 Å². The number of ether oxygens (including phenoxy) is 1.